The quantitative estimate of drug-likeness (QED) is 0.0752. The first-order chi connectivity index (χ1) is 25.5. The highest BCUT2D eigenvalue weighted by molar-refractivity contribution is 7.98. The van der Waals surface area contributed by atoms with Crippen LogP contribution in [-0.4, -0.2) is 81.9 Å². The Balaban J connectivity index is 0.000000303. The van der Waals surface area contributed by atoms with Crippen molar-refractivity contribution in [2.75, 3.05) is 33.7 Å². The van der Waals surface area contributed by atoms with Gasteiger partial charge in [0.1, 0.15) is 34.0 Å². The normalized spacial score (nSPS) is 14.9. The Morgan fingerprint density at radius 3 is 2.09 bits per heavy atom. The fourth-order valence-corrected chi connectivity index (χ4v) is 6.23. The average molecular weight is 761 g/mol. The number of aldehydes is 1. The third-order valence-corrected chi connectivity index (χ3v) is 9.17. The lowest BCUT2D eigenvalue weighted by Crippen LogP contribution is -2.29. The number of benzene rings is 4. The number of nitrogens with zero attached hydrogens (tertiary/aromatic N) is 2. The van der Waals surface area contributed by atoms with Gasteiger partial charge in [0.05, 0.1) is 37.1 Å². The number of carboxylic acids is 2. The maximum atomic E-state index is 13.4. The molecule has 5 aromatic rings. The molecule has 6 rings (SSSR count). The smallest absolute Gasteiger partial charge is 0.342 e. The van der Waals surface area contributed by atoms with Crippen LogP contribution in [0.15, 0.2) is 89.3 Å². The lowest BCUT2D eigenvalue weighted by Gasteiger charge is -2.26. The van der Waals surface area contributed by atoms with Gasteiger partial charge in [0.15, 0.2) is 19.5 Å². The summed E-state index contributed by atoms with van der Waals surface area (Å²) in [6.07, 6.45) is 2.55. The summed E-state index contributed by atoms with van der Waals surface area (Å²) >= 11 is 2.61. The largest absolute Gasteiger partial charge is 0.497 e. The Kier molecular flexibility index (Phi) is 12.3. The van der Waals surface area contributed by atoms with E-state index in [0.717, 1.165) is 16.6 Å². The van der Waals surface area contributed by atoms with Crippen LogP contribution in [0.4, 0.5) is 0 Å². The number of hydrogen-bond acceptors (Lipinski definition) is 14. The molecule has 1 unspecified atom stereocenters. The van der Waals surface area contributed by atoms with Crippen molar-refractivity contribution in [1.82, 2.24) is 8.75 Å². The van der Waals surface area contributed by atoms with Gasteiger partial charge in [-0.3, -0.25) is 4.79 Å². The van der Waals surface area contributed by atoms with Crippen molar-refractivity contribution in [1.29, 1.82) is 0 Å². The molecule has 0 radical (unpaired) electrons. The maximum Gasteiger partial charge on any atom is 0.342 e. The molecule has 4 aromatic carbocycles. The molecule has 3 N–H and O–H groups in total. The zero-order chi connectivity index (χ0) is 38.1. The number of carbonyl (C=O) groups is 4. The molecule has 274 valence electrons. The zero-order valence-corrected chi connectivity index (χ0v) is 30.1. The summed E-state index contributed by atoms with van der Waals surface area (Å²) in [5.41, 5.74) is 3.50. The minimum absolute atomic E-state index is 0.0220. The molecular formula is C37H32N2O12S2. The van der Waals surface area contributed by atoms with Crippen molar-refractivity contribution in [3.05, 3.63) is 107 Å². The topological polar surface area (TPSA) is 201 Å². The summed E-state index contributed by atoms with van der Waals surface area (Å²) < 4.78 is 34.8. The van der Waals surface area contributed by atoms with Gasteiger partial charge in [-0.2, -0.15) is 8.75 Å². The van der Waals surface area contributed by atoms with Gasteiger partial charge in [0.2, 0.25) is 0 Å². The summed E-state index contributed by atoms with van der Waals surface area (Å²) in [5, 5.41) is 29.5. The van der Waals surface area contributed by atoms with E-state index in [-0.39, 0.29) is 34.6 Å². The number of hydrogen-bond donors (Lipinski definition) is 3. The van der Waals surface area contributed by atoms with Crippen LogP contribution >= 0.6 is 23.5 Å². The average Bonchev–Trinajstić information content (AvgIpc) is 3.74. The molecule has 0 bridgehead atoms. The van der Waals surface area contributed by atoms with Gasteiger partial charge in [-0.05, 0) is 59.8 Å². The second-order valence-electron chi connectivity index (χ2n) is 11.1. The number of thioether (sulfide) groups is 1. The Morgan fingerprint density at radius 1 is 0.849 bits per heavy atom. The fraction of sp³-hybridized carbons (Fsp3) is 0.189. The van der Waals surface area contributed by atoms with Crippen LogP contribution in [0, 0.1) is 0 Å². The molecule has 1 aliphatic rings. The summed E-state index contributed by atoms with van der Waals surface area (Å²) in [4.78, 5) is 46.4. The van der Waals surface area contributed by atoms with Crippen molar-refractivity contribution in [2.45, 2.75) is 17.1 Å². The number of cyclic esters (lactones) is 1. The number of ether oxygens (including phenoxy) is 5. The number of rotatable bonds is 14. The van der Waals surface area contributed by atoms with Crippen molar-refractivity contribution in [2.24, 2.45) is 0 Å². The third-order valence-electron chi connectivity index (χ3n) is 7.87. The highest BCUT2D eigenvalue weighted by Crippen LogP contribution is 2.46. The Morgan fingerprint density at radius 2 is 1.47 bits per heavy atom. The molecule has 1 atom stereocenters. The third kappa shape index (κ3) is 8.92. The molecule has 0 saturated carbocycles. The fourth-order valence-electron chi connectivity index (χ4n) is 5.30. The minimum Gasteiger partial charge on any atom is -0.497 e. The summed E-state index contributed by atoms with van der Waals surface area (Å²) in [5.74, 6) is -3.59. The Hall–Kier alpha value is -5.97. The second kappa shape index (κ2) is 17.0. The SMILES string of the molecule is COc1ccc(C=O)c(OCC(=O)O)c1.COc1ccc(CC2=C(c3ccc4nsnc4c3)C(=O)OC2(O)c2ccc(SC)cc2)c(OCC(=O)O)c1. The highest BCUT2D eigenvalue weighted by Gasteiger charge is 2.48. The number of carbonyl (C=O) groups excluding carboxylic acids is 2. The van der Waals surface area contributed by atoms with E-state index in [2.05, 4.69) is 8.75 Å². The van der Waals surface area contributed by atoms with Gasteiger partial charge in [-0.25, -0.2) is 14.4 Å². The molecule has 53 heavy (non-hydrogen) atoms. The van der Waals surface area contributed by atoms with Crippen molar-refractivity contribution in [3.8, 4) is 23.0 Å². The molecule has 16 heteroatoms. The number of aliphatic carboxylic acids is 2. The molecule has 2 heterocycles. The van der Waals surface area contributed by atoms with Crippen LogP contribution in [0.3, 0.4) is 0 Å². The van der Waals surface area contributed by atoms with Crippen LogP contribution in [-0.2, 0) is 31.3 Å². The van der Waals surface area contributed by atoms with Crippen LogP contribution in [0.1, 0.15) is 27.0 Å². The van der Waals surface area contributed by atoms with E-state index < -0.39 is 36.9 Å². The highest BCUT2D eigenvalue weighted by atomic mass is 32.2. The number of esters is 1. The van der Waals surface area contributed by atoms with Crippen LogP contribution in [0.5, 0.6) is 23.0 Å². The van der Waals surface area contributed by atoms with Crippen LogP contribution < -0.4 is 18.9 Å². The molecule has 0 amide bonds. The maximum absolute atomic E-state index is 13.4. The molecule has 1 aliphatic heterocycles. The first kappa shape index (κ1) is 38.3. The van der Waals surface area contributed by atoms with E-state index >= 15 is 0 Å². The molecule has 14 nitrogen and oxygen atoms in total. The summed E-state index contributed by atoms with van der Waals surface area (Å²) in [7, 11) is 2.96. The minimum atomic E-state index is -2.07. The number of methoxy groups -OCH3 is 2. The summed E-state index contributed by atoms with van der Waals surface area (Å²) in [6, 6.07) is 21.8. The van der Waals surface area contributed by atoms with Gasteiger partial charge >= 0.3 is 17.9 Å². The second-order valence-corrected chi connectivity index (χ2v) is 12.5. The predicted molar refractivity (Wildman–Crippen MR) is 194 cm³/mol. The number of aromatic nitrogens is 2. The van der Waals surface area contributed by atoms with Crippen molar-refractivity contribution >= 4 is 64.3 Å². The van der Waals surface area contributed by atoms with Gasteiger partial charge in [-0.15, -0.1) is 11.8 Å². The number of aliphatic hydroxyl groups is 1. The number of fused-ring (bicyclic) bond motifs is 1. The van der Waals surface area contributed by atoms with Crippen LogP contribution in [0.25, 0.3) is 16.6 Å². The first-order valence-electron chi connectivity index (χ1n) is 15.6. The molecule has 0 fully saturated rings. The standard InChI is InChI=1S/C27H22N2O7S2.C10H10O5/c1-34-18-7-3-15(23(13-18)35-14-24(30)31)11-20-25(16-4-10-21-22(12-16)29-38-28-21)26(32)36-27(20,33)17-5-8-19(37-2)9-6-17;1-14-8-3-2-7(5-11)9(4-8)15-6-10(12)13/h3-10,12-13,33H,11,14H2,1-2H3,(H,30,31);2-5H,6H2,1H3,(H,12,13). The van der Waals surface area contributed by atoms with E-state index in [1.807, 2.05) is 18.4 Å². The molecule has 1 aromatic heterocycles. The Bertz CT molecular complexity index is 2180. The van der Waals surface area contributed by atoms with Gasteiger partial charge in [0.25, 0.3) is 5.79 Å². The lowest BCUT2D eigenvalue weighted by molar-refractivity contribution is -0.185. The zero-order valence-electron chi connectivity index (χ0n) is 28.4. The van der Waals surface area contributed by atoms with E-state index in [9.17, 15) is 24.3 Å². The lowest BCUT2D eigenvalue weighted by atomic mass is 9.87. The van der Waals surface area contributed by atoms with Gasteiger partial charge in [0, 0.05) is 34.6 Å². The van der Waals surface area contributed by atoms with Crippen LogP contribution in [0.2, 0.25) is 0 Å². The predicted octanol–water partition coefficient (Wildman–Crippen LogP) is 5.25. The van der Waals surface area contributed by atoms with E-state index in [4.69, 9.17) is 33.9 Å². The molecular weight excluding hydrogens is 729 g/mol. The van der Waals surface area contributed by atoms with Gasteiger partial charge in [-0.1, -0.05) is 24.3 Å². The monoisotopic (exact) mass is 760 g/mol. The van der Waals surface area contributed by atoms with Crippen molar-refractivity contribution < 1.29 is 58.2 Å². The Labute approximate surface area is 310 Å². The number of carboxylic acid groups (broad SMARTS) is 2. The molecule has 0 saturated heterocycles. The van der Waals surface area contributed by atoms with Gasteiger partial charge < -0.3 is 39.0 Å². The summed E-state index contributed by atoms with van der Waals surface area (Å²) in [6.45, 7) is -1.07. The first-order valence-corrected chi connectivity index (χ1v) is 17.5. The van der Waals surface area contributed by atoms with Crippen molar-refractivity contribution in [3.63, 3.8) is 0 Å². The molecule has 0 aliphatic carbocycles. The van der Waals surface area contributed by atoms with E-state index in [1.165, 1.54) is 26.4 Å². The molecule has 0 spiro atoms. The van der Waals surface area contributed by atoms with E-state index in [0.29, 0.717) is 45.5 Å². The van der Waals surface area contributed by atoms with E-state index in [1.54, 1.807) is 66.4 Å².